The minimum Gasteiger partial charge on any atom is -0.478 e. The highest BCUT2D eigenvalue weighted by Gasteiger charge is 2.20. The zero-order valence-electron chi connectivity index (χ0n) is 12.6. The van der Waals surface area contributed by atoms with Gasteiger partial charge in [0.15, 0.2) is 0 Å². The molecular formula is C15H20ClNO3S. The van der Waals surface area contributed by atoms with E-state index in [9.17, 15) is 9.59 Å². The van der Waals surface area contributed by atoms with Crippen molar-refractivity contribution in [2.75, 3.05) is 5.75 Å². The quantitative estimate of drug-likeness (QED) is 0.807. The summed E-state index contributed by atoms with van der Waals surface area (Å²) in [5.74, 6) is -0.756. The van der Waals surface area contributed by atoms with Crippen LogP contribution in [0.25, 0.3) is 0 Å². The topological polar surface area (TPSA) is 57.6 Å². The second-order valence-electron chi connectivity index (χ2n) is 5.22. The molecule has 0 heterocycles. The van der Waals surface area contributed by atoms with Crippen molar-refractivity contribution in [2.24, 2.45) is 0 Å². The number of nitrogens with zero attached hydrogens (tertiary/aromatic N) is 1. The first-order chi connectivity index (χ1) is 9.73. The number of carbonyl (C=O) groups excluding carboxylic acids is 1. The van der Waals surface area contributed by atoms with E-state index in [4.69, 9.17) is 16.7 Å². The van der Waals surface area contributed by atoms with Crippen LogP contribution in [0.1, 0.15) is 38.1 Å². The predicted octanol–water partition coefficient (Wildman–Crippen LogP) is 3.78. The lowest BCUT2D eigenvalue weighted by atomic mass is 10.2. The van der Waals surface area contributed by atoms with E-state index in [1.54, 1.807) is 12.1 Å². The summed E-state index contributed by atoms with van der Waals surface area (Å²) in [4.78, 5) is 25.8. The molecule has 21 heavy (non-hydrogen) atoms. The number of carboxylic acid groups (broad SMARTS) is 1. The predicted molar refractivity (Wildman–Crippen MR) is 86.3 cm³/mol. The van der Waals surface area contributed by atoms with E-state index >= 15 is 0 Å². The SMILES string of the molecule is CC(C)N(C(=O)CSc1ccc(Cl)c(C(=O)O)c1)C(C)C. The van der Waals surface area contributed by atoms with Crippen LogP contribution in [-0.2, 0) is 4.79 Å². The van der Waals surface area contributed by atoms with Gasteiger partial charge in [-0.1, -0.05) is 11.6 Å². The molecule has 1 aromatic rings. The number of carbonyl (C=O) groups is 2. The summed E-state index contributed by atoms with van der Waals surface area (Å²) < 4.78 is 0. The molecule has 1 aromatic carbocycles. The second-order valence-corrected chi connectivity index (χ2v) is 6.68. The average molecular weight is 330 g/mol. The largest absolute Gasteiger partial charge is 0.478 e. The zero-order chi connectivity index (χ0) is 16.2. The Kier molecular flexibility index (Phi) is 6.55. The van der Waals surface area contributed by atoms with E-state index in [-0.39, 0.29) is 34.3 Å². The van der Waals surface area contributed by atoms with Crippen LogP contribution in [0, 0.1) is 0 Å². The fourth-order valence-corrected chi connectivity index (χ4v) is 3.15. The molecule has 6 heteroatoms. The fraction of sp³-hybridized carbons (Fsp3) is 0.467. The molecule has 1 N–H and O–H groups in total. The molecule has 0 atom stereocenters. The molecule has 0 aliphatic carbocycles. The maximum atomic E-state index is 12.2. The molecule has 0 bridgehead atoms. The minimum atomic E-state index is -1.07. The van der Waals surface area contributed by atoms with Crippen LogP contribution in [0.3, 0.4) is 0 Å². The normalized spacial score (nSPS) is 11.0. The van der Waals surface area contributed by atoms with Crippen LogP contribution in [0.4, 0.5) is 0 Å². The van der Waals surface area contributed by atoms with Crippen molar-refractivity contribution in [1.82, 2.24) is 4.90 Å². The summed E-state index contributed by atoms with van der Waals surface area (Å²) in [6.07, 6.45) is 0. The van der Waals surface area contributed by atoms with Gasteiger partial charge in [0, 0.05) is 17.0 Å². The summed E-state index contributed by atoms with van der Waals surface area (Å²) >= 11 is 7.14. The first-order valence-corrected chi connectivity index (χ1v) is 8.07. The van der Waals surface area contributed by atoms with Crippen LogP contribution in [0.15, 0.2) is 23.1 Å². The molecule has 1 amide bonds. The van der Waals surface area contributed by atoms with Crippen molar-refractivity contribution in [1.29, 1.82) is 0 Å². The van der Waals surface area contributed by atoms with E-state index in [1.807, 2.05) is 32.6 Å². The molecule has 0 spiro atoms. The summed E-state index contributed by atoms with van der Waals surface area (Å²) in [6, 6.07) is 5.04. The lowest BCUT2D eigenvalue weighted by Crippen LogP contribution is -2.43. The monoisotopic (exact) mass is 329 g/mol. The van der Waals surface area contributed by atoms with Crippen LogP contribution in [0.2, 0.25) is 5.02 Å². The molecule has 4 nitrogen and oxygen atoms in total. The Labute approximate surface area is 134 Å². The number of hydrogen-bond acceptors (Lipinski definition) is 3. The molecule has 0 unspecified atom stereocenters. The fourth-order valence-electron chi connectivity index (χ4n) is 2.15. The van der Waals surface area contributed by atoms with Gasteiger partial charge in [-0.3, -0.25) is 4.79 Å². The van der Waals surface area contributed by atoms with Crippen molar-refractivity contribution in [3.63, 3.8) is 0 Å². The smallest absolute Gasteiger partial charge is 0.337 e. The highest BCUT2D eigenvalue weighted by Crippen LogP contribution is 2.25. The van der Waals surface area contributed by atoms with Crippen LogP contribution < -0.4 is 0 Å². The Morgan fingerprint density at radius 1 is 1.24 bits per heavy atom. The van der Waals surface area contributed by atoms with Gasteiger partial charge in [-0.25, -0.2) is 4.79 Å². The van der Waals surface area contributed by atoms with Gasteiger partial charge in [-0.05, 0) is 45.9 Å². The average Bonchev–Trinajstić information content (AvgIpc) is 2.36. The van der Waals surface area contributed by atoms with Crippen molar-refractivity contribution in [3.8, 4) is 0 Å². The van der Waals surface area contributed by atoms with Crippen molar-refractivity contribution in [2.45, 2.75) is 44.7 Å². The van der Waals surface area contributed by atoms with Crippen molar-refractivity contribution >= 4 is 35.2 Å². The Bertz CT molecular complexity index is 524. The van der Waals surface area contributed by atoms with E-state index in [1.165, 1.54) is 17.8 Å². The summed E-state index contributed by atoms with van der Waals surface area (Å²) in [7, 11) is 0. The van der Waals surface area contributed by atoms with Crippen LogP contribution in [0.5, 0.6) is 0 Å². The number of rotatable bonds is 6. The third-order valence-electron chi connectivity index (χ3n) is 2.93. The maximum Gasteiger partial charge on any atom is 0.337 e. The van der Waals surface area contributed by atoms with Gasteiger partial charge in [0.1, 0.15) is 0 Å². The summed E-state index contributed by atoms with van der Waals surface area (Å²) in [5.41, 5.74) is 0.0543. The van der Waals surface area contributed by atoms with E-state index < -0.39 is 5.97 Å². The van der Waals surface area contributed by atoms with Gasteiger partial charge < -0.3 is 10.0 Å². The van der Waals surface area contributed by atoms with E-state index in [0.717, 1.165) is 4.90 Å². The number of halogens is 1. The molecule has 1 rings (SSSR count). The minimum absolute atomic E-state index is 0.0387. The molecule has 0 saturated carbocycles. The zero-order valence-corrected chi connectivity index (χ0v) is 14.2. The maximum absolute atomic E-state index is 12.2. The molecule has 0 aliphatic rings. The van der Waals surface area contributed by atoms with Crippen LogP contribution >= 0.6 is 23.4 Å². The van der Waals surface area contributed by atoms with Gasteiger partial charge in [-0.2, -0.15) is 0 Å². The highest BCUT2D eigenvalue weighted by molar-refractivity contribution is 8.00. The van der Waals surface area contributed by atoms with Gasteiger partial charge in [0.2, 0.25) is 5.91 Å². The number of amides is 1. The van der Waals surface area contributed by atoms with Gasteiger partial charge in [0.25, 0.3) is 0 Å². The highest BCUT2D eigenvalue weighted by atomic mass is 35.5. The molecule has 116 valence electrons. The number of aromatic carboxylic acids is 1. The lowest BCUT2D eigenvalue weighted by Gasteiger charge is -2.30. The third-order valence-corrected chi connectivity index (χ3v) is 4.24. The van der Waals surface area contributed by atoms with Crippen LogP contribution in [-0.4, -0.2) is 39.7 Å². The molecule has 0 fully saturated rings. The lowest BCUT2D eigenvalue weighted by molar-refractivity contribution is -0.131. The molecule has 0 saturated heterocycles. The first kappa shape index (κ1) is 17.9. The van der Waals surface area contributed by atoms with E-state index in [2.05, 4.69) is 0 Å². The second kappa shape index (κ2) is 7.71. The van der Waals surface area contributed by atoms with Gasteiger partial charge in [-0.15, -0.1) is 11.8 Å². The van der Waals surface area contributed by atoms with Crippen molar-refractivity contribution < 1.29 is 14.7 Å². The number of thioether (sulfide) groups is 1. The summed E-state index contributed by atoms with van der Waals surface area (Å²) in [6.45, 7) is 7.92. The molecule has 0 radical (unpaired) electrons. The first-order valence-electron chi connectivity index (χ1n) is 6.70. The van der Waals surface area contributed by atoms with Crippen molar-refractivity contribution in [3.05, 3.63) is 28.8 Å². The Morgan fingerprint density at radius 3 is 2.29 bits per heavy atom. The Morgan fingerprint density at radius 2 is 1.81 bits per heavy atom. The molecule has 0 aliphatic heterocycles. The number of carboxylic acids is 1. The number of hydrogen-bond donors (Lipinski definition) is 1. The third kappa shape index (κ3) is 4.93. The van der Waals surface area contributed by atoms with Gasteiger partial charge >= 0.3 is 5.97 Å². The molecular weight excluding hydrogens is 310 g/mol. The summed E-state index contributed by atoms with van der Waals surface area (Å²) in [5, 5.41) is 9.23. The number of benzene rings is 1. The Hall–Kier alpha value is -1.20. The molecule has 0 aromatic heterocycles. The Balaban J connectivity index is 2.77. The van der Waals surface area contributed by atoms with Gasteiger partial charge in [0.05, 0.1) is 16.3 Å². The van der Waals surface area contributed by atoms with E-state index in [0.29, 0.717) is 0 Å². The standard InChI is InChI=1S/C15H20ClNO3S/c1-9(2)17(10(3)4)14(18)8-21-11-5-6-13(16)12(7-11)15(19)20/h5-7,9-10H,8H2,1-4H3,(H,19,20).